The number of nitrogens with one attached hydrogen (secondary N) is 1. The lowest BCUT2D eigenvalue weighted by molar-refractivity contribution is -0.132. The number of H-pyrrole nitrogens is 1. The van der Waals surface area contributed by atoms with Crippen molar-refractivity contribution in [2.45, 2.75) is 37.6 Å². The normalized spacial score (nSPS) is 11.8. The molecule has 6 nitrogen and oxygen atoms in total. The van der Waals surface area contributed by atoms with E-state index in [-0.39, 0.29) is 17.3 Å². The molecule has 37 heavy (non-hydrogen) atoms. The Morgan fingerprint density at radius 3 is 2.35 bits per heavy atom. The number of para-hydroxylation sites is 1. The van der Waals surface area contributed by atoms with E-state index in [9.17, 15) is 13.2 Å². The van der Waals surface area contributed by atoms with E-state index >= 15 is 0 Å². The first-order valence-electron chi connectivity index (χ1n) is 12.5. The van der Waals surface area contributed by atoms with Crippen LogP contribution in [-0.2, 0) is 27.8 Å². The Bertz CT molecular complexity index is 1420. The molecule has 1 N–H and O–H groups in total. The molecule has 0 spiro atoms. The van der Waals surface area contributed by atoms with Gasteiger partial charge in [0.25, 0.3) is 0 Å². The van der Waals surface area contributed by atoms with Crippen molar-refractivity contribution in [2.24, 2.45) is 0 Å². The second-order valence-corrected chi connectivity index (χ2v) is 11.9. The van der Waals surface area contributed by atoms with Crippen molar-refractivity contribution < 1.29 is 13.2 Å². The summed E-state index contributed by atoms with van der Waals surface area (Å²) in [6.45, 7) is 3.01. The number of carbonyl (C=O) groups is 1. The Balaban J connectivity index is 1.57. The maximum absolute atomic E-state index is 13.7. The zero-order valence-electron chi connectivity index (χ0n) is 20.9. The highest BCUT2D eigenvalue weighted by atomic mass is 79.9. The molecule has 4 rings (SSSR count). The predicted molar refractivity (Wildman–Crippen MR) is 152 cm³/mol. The van der Waals surface area contributed by atoms with Gasteiger partial charge in [0.2, 0.25) is 15.9 Å². The number of hydrogen-bond acceptors (Lipinski definition) is 3. The molecule has 1 heterocycles. The van der Waals surface area contributed by atoms with Crippen LogP contribution in [0.3, 0.4) is 0 Å². The third-order valence-electron chi connectivity index (χ3n) is 6.42. The third kappa shape index (κ3) is 6.89. The van der Waals surface area contributed by atoms with E-state index in [0.29, 0.717) is 32.5 Å². The molecule has 0 fully saturated rings. The smallest absolute Gasteiger partial charge is 0.243 e. The highest BCUT2D eigenvalue weighted by Crippen LogP contribution is 2.21. The first-order valence-corrected chi connectivity index (χ1v) is 14.7. The molecular formula is C29H32BrN3O3S. The summed E-state index contributed by atoms with van der Waals surface area (Å²) in [5, 5.41) is 1.14. The molecule has 1 aromatic heterocycles. The Labute approximate surface area is 227 Å². The van der Waals surface area contributed by atoms with Gasteiger partial charge in [-0.3, -0.25) is 4.79 Å². The molecule has 0 bridgehead atoms. The maximum Gasteiger partial charge on any atom is 0.243 e. The Morgan fingerprint density at radius 2 is 1.62 bits per heavy atom. The monoisotopic (exact) mass is 581 g/mol. The summed E-state index contributed by atoms with van der Waals surface area (Å²) in [4.78, 5) is 18.9. The molecule has 194 valence electrons. The number of amides is 1. The lowest BCUT2D eigenvalue weighted by atomic mass is 10.1. The molecule has 3 aromatic carbocycles. The van der Waals surface area contributed by atoms with Crippen molar-refractivity contribution in [3.8, 4) is 0 Å². The summed E-state index contributed by atoms with van der Waals surface area (Å²) in [5.41, 5.74) is 3.20. The second kappa shape index (κ2) is 12.5. The van der Waals surface area contributed by atoms with Crippen LogP contribution in [0.15, 0.2) is 94.4 Å². The molecule has 0 aliphatic rings. The van der Waals surface area contributed by atoms with Crippen LogP contribution in [0.4, 0.5) is 0 Å². The number of sulfonamides is 1. The summed E-state index contributed by atoms with van der Waals surface area (Å²) in [5.74, 6) is -0.208. The topological polar surface area (TPSA) is 73.5 Å². The third-order valence-corrected chi connectivity index (χ3v) is 8.81. The Morgan fingerprint density at radius 1 is 0.919 bits per heavy atom. The largest absolute Gasteiger partial charge is 0.361 e. The van der Waals surface area contributed by atoms with Gasteiger partial charge in [0.1, 0.15) is 0 Å². The van der Waals surface area contributed by atoms with Gasteiger partial charge in [-0.05, 0) is 54.3 Å². The van der Waals surface area contributed by atoms with Gasteiger partial charge in [-0.2, -0.15) is 4.31 Å². The van der Waals surface area contributed by atoms with Crippen molar-refractivity contribution in [2.75, 3.05) is 19.6 Å². The average Bonchev–Trinajstić information content (AvgIpc) is 3.32. The summed E-state index contributed by atoms with van der Waals surface area (Å²) in [7, 11) is -3.82. The van der Waals surface area contributed by atoms with E-state index in [0.717, 1.165) is 32.9 Å². The van der Waals surface area contributed by atoms with Gasteiger partial charge in [-0.1, -0.05) is 77.8 Å². The number of rotatable bonds is 12. The molecule has 0 aliphatic heterocycles. The number of halogens is 1. The summed E-state index contributed by atoms with van der Waals surface area (Å²) in [6.07, 6.45) is 4.16. The molecule has 0 aliphatic carbocycles. The average molecular weight is 583 g/mol. The molecule has 0 radical (unpaired) electrons. The molecule has 0 saturated heterocycles. The maximum atomic E-state index is 13.7. The predicted octanol–water partition coefficient (Wildman–Crippen LogP) is 5.99. The van der Waals surface area contributed by atoms with Gasteiger partial charge in [0, 0.05) is 41.2 Å². The number of carbonyl (C=O) groups excluding carboxylic acids is 1. The first kappa shape index (κ1) is 27.1. The van der Waals surface area contributed by atoms with Gasteiger partial charge in [0.05, 0.1) is 11.4 Å². The van der Waals surface area contributed by atoms with Gasteiger partial charge in [-0.15, -0.1) is 0 Å². The fourth-order valence-electron chi connectivity index (χ4n) is 4.31. The van der Waals surface area contributed by atoms with Gasteiger partial charge >= 0.3 is 0 Å². The van der Waals surface area contributed by atoms with Crippen molar-refractivity contribution in [1.82, 2.24) is 14.2 Å². The lowest BCUT2D eigenvalue weighted by Gasteiger charge is -2.27. The summed E-state index contributed by atoms with van der Waals surface area (Å²) >= 11 is 3.36. The number of aromatic amines is 1. The molecule has 1 amide bonds. The quantitative estimate of drug-likeness (QED) is 0.223. The highest BCUT2D eigenvalue weighted by molar-refractivity contribution is 9.10. The lowest BCUT2D eigenvalue weighted by Crippen LogP contribution is -2.43. The van der Waals surface area contributed by atoms with Crippen LogP contribution >= 0.6 is 15.9 Å². The van der Waals surface area contributed by atoms with Gasteiger partial charge in [0.15, 0.2) is 0 Å². The van der Waals surface area contributed by atoms with Crippen molar-refractivity contribution in [3.63, 3.8) is 0 Å². The van der Waals surface area contributed by atoms with Gasteiger partial charge in [-0.25, -0.2) is 8.42 Å². The van der Waals surface area contributed by atoms with E-state index in [1.807, 2.05) is 61.7 Å². The second-order valence-electron chi connectivity index (χ2n) is 9.06. The molecule has 8 heteroatoms. The summed E-state index contributed by atoms with van der Waals surface area (Å²) < 4.78 is 29.1. The van der Waals surface area contributed by atoms with Crippen LogP contribution in [0.25, 0.3) is 10.9 Å². The Hall–Kier alpha value is -2.94. The number of hydrogen-bond donors (Lipinski definition) is 1. The van der Waals surface area contributed by atoms with Crippen molar-refractivity contribution in [3.05, 3.63) is 101 Å². The number of unbranched alkanes of at least 4 members (excludes halogenated alkanes) is 1. The number of nitrogens with zero attached hydrogens (tertiary/aromatic N) is 2. The molecular weight excluding hydrogens is 550 g/mol. The van der Waals surface area contributed by atoms with Crippen LogP contribution < -0.4 is 0 Å². The van der Waals surface area contributed by atoms with E-state index < -0.39 is 10.0 Å². The van der Waals surface area contributed by atoms with E-state index in [1.165, 1.54) is 4.31 Å². The minimum absolute atomic E-state index is 0.188. The molecule has 0 saturated carbocycles. The minimum Gasteiger partial charge on any atom is -0.361 e. The van der Waals surface area contributed by atoms with Crippen LogP contribution in [0, 0.1) is 0 Å². The fraction of sp³-hybridized carbons (Fsp3) is 0.276. The fourth-order valence-corrected chi connectivity index (χ4v) is 6.01. The molecule has 0 atom stereocenters. The van der Waals surface area contributed by atoms with Gasteiger partial charge < -0.3 is 9.88 Å². The molecule has 0 unspecified atom stereocenters. The Kier molecular flexibility index (Phi) is 9.18. The van der Waals surface area contributed by atoms with E-state index in [4.69, 9.17) is 0 Å². The number of benzene rings is 3. The summed E-state index contributed by atoms with van der Waals surface area (Å²) in [6, 6.07) is 24.5. The van der Waals surface area contributed by atoms with Crippen LogP contribution in [0.1, 0.15) is 30.9 Å². The molecule has 4 aromatic rings. The van der Waals surface area contributed by atoms with Crippen molar-refractivity contribution in [1.29, 1.82) is 0 Å². The van der Waals surface area contributed by atoms with E-state index in [2.05, 4.69) is 27.0 Å². The van der Waals surface area contributed by atoms with Crippen LogP contribution in [0.5, 0.6) is 0 Å². The minimum atomic E-state index is -3.82. The van der Waals surface area contributed by atoms with Crippen molar-refractivity contribution >= 4 is 42.8 Å². The van der Waals surface area contributed by atoms with Crippen LogP contribution in [0.2, 0.25) is 0 Å². The van der Waals surface area contributed by atoms with E-state index in [1.54, 1.807) is 29.2 Å². The SMILES string of the molecule is CCCCN(CC(=O)N(CCc1c[nH]c2ccccc12)Cc1ccccc1)S(=O)(=O)c1ccc(Br)cc1. The first-order chi connectivity index (χ1) is 17.9. The zero-order valence-corrected chi connectivity index (χ0v) is 23.3. The standard InChI is InChI=1S/C29H32BrN3O3S/c1-2-3-18-33(37(35,36)26-15-13-25(30)14-16-26)22-29(34)32(21-23-9-5-4-6-10-23)19-17-24-20-31-28-12-8-7-11-27(24)28/h4-16,20,31H,2-3,17-19,21-22H2,1H3. The zero-order chi connectivity index (χ0) is 26.3. The van der Waals surface area contributed by atoms with Crippen LogP contribution in [-0.4, -0.2) is 48.1 Å². The number of aromatic nitrogens is 1. The highest BCUT2D eigenvalue weighted by Gasteiger charge is 2.28. The number of fused-ring (bicyclic) bond motifs is 1.